The number of hydrogen-bond acceptors (Lipinski definition) is 6. The number of anilines is 1. The number of unbranched alkanes of at least 4 members (excludes halogenated alkanes) is 3. The molecular weight excluding hydrogens is 416 g/mol. The van der Waals surface area contributed by atoms with Crippen molar-refractivity contribution in [1.29, 1.82) is 5.26 Å². The van der Waals surface area contributed by atoms with Crippen LogP contribution in [0.15, 0.2) is 29.5 Å². The first-order valence-electron chi connectivity index (χ1n) is 10.9. The molecule has 0 spiro atoms. The Kier molecular flexibility index (Phi) is 10.7. The van der Waals surface area contributed by atoms with E-state index in [0.717, 1.165) is 37.8 Å². The van der Waals surface area contributed by atoms with Crippen molar-refractivity contribution in [3.63, 3.8) is 0 Å². The molecule has 1 heterocycles. The van der Waals surface area contributed by atoms with Gasteiger partial charge in [0, 0.05) is 24.6 Å². The van der Waals surface area contributed by atoms with Crippen molar-refractivity contribution >= 4 is 21.7 Å². The first kappa shape index (κ1) is 25.0. The second kappa shape index (κ2) is 13.2. The summed E-state index contributed by atoms with van der Waals surface area (Å²) in [5, 5.41) is 14.2. The molecule has 1 aliphatic rings. The SMILES string of the molecule is N#CN=C(N)N(CCCCCCC(OCC1CCCCC1)S(N)(=O)=O)c1ccncc1. The van der Waals surface area contributed by atoms with Crippen LogP contribution >= 0.6 is 0 Å². The standard InChI is InChI=1S/C21H34N6O3S/c22-17-26-21(23)27(19-11-13-25-14-12-19)15-7-2-1-6-10-20(31(24,28)29)30-16-18-8-4-3-5-9-18/h11-14,18,20H,1-10,15-16H2,(H2,23,26)(H2,24,28,29). The molecule has 31 heavy (non-hydrogen) atoms. The van der Waals surface area contributed by atoms with E-state index in [9.17, 15) is 8.42 Å². The van der Waals surface area contributed by atoms with Crippen LogP contribution in [0.2, 0.25) is 0 Å². The molecule has 1 unspecified atom stereocenters. The van der Waals surface area contributed by atoms with Gasteiger partial charge in [0.1, 0.15) is 0 Å². The average molecular weight is 451 g/mol. The third-order valence-electron chi connectivity index (χ3n) is 5.60. The molecule has 1 aromatic rings. The Labute approximate surface area is 185 Å². The number of aliphatic imine (C=N–C) groups is 1. The molecule has 9 nitrogen and oxygen atoms in total. The number of aromatic nitrogens is 1. The number of nitriles is 1. The first-order valence-corrected chi connectivity index (χ1v) is 12.6. The number of nitrogens with two attached hydrogens (primary N) is 2. The van der Waals surface area contributed by atoms with Gasteiger partial charge < -0.3 is 15.4 Å². The summed E-state index contributed by atoms with van der Waals surface area (Å²) < 4.78 is 29.5. The predicted octanol–water partition coefficient (Wildman–Crippen LogP) is 2.85. The largest absolute Gasteiger partial charge is 0.369 e. The number of ether oxygens (including phenoxy) is 1. The summed E-state index contributed by atoms with van der Waals surface area (Å²) in [7, 11) is -3.72. The molecule has 1 atom stereocenters. The molecule has 10 heteroatoms. The van der Waals surface area contributed by atoms with Crippen molar-refractivity contribution in [2.24, 2.45) is 21.8 Å². The fraction of sp³-hybridized carbons (Fsp3) is 0.667. The molecule has 172 valence electrons. The van der Waals surface area contributed by atoms with E-state index in [2.05, 4.69) is 9.98 Å². The van der Waals surface area contributed by atoms with Crippen molar-refractivity contribution in [1.82, 2.24) is 4.98 Å². The van der Waals surface area contributed by atoms with Crippen LogP contribution in [-0.2, 0) is 14.8 Å². The maximum absolute atomic E-state index is 11.9. The van der Waals surface area contributed by atoms with Gasteiger partial charge in [-0.05, 0) is 50.2 Å². The van der Waals surface area contributed by atoms with Crippen molar-refractivity contribution in [3.05, 3.63) is 24.5 Å². The zero-order valence-corrected chi connectivity index (χ0v) is 18.8. The summed E-state index contributed by atoms with van der Waals surface area (Å²) in [5.41, 5.74) is 5.81. The van der Waals surface area contributed by atoms with Crippen LogP contribution in [0.4, 0.5) is 5.69 Å². The van der Waals surface area contributed by atoms with Crippen LogP contribution in [0.25, 0.3) is 0 Å². The number of primary sulfonamides is 1. The fourth-order valence-electron chi connectivity index (χ4n) is 3.89. The third-order valence-corrected chi connectivity index (χ3v) is 6.70. The van der Waals surface area contributed by atoms with Gasteiger partial charge in [-0.1, -0.05) is 32.1 Å². The monoisotopic (exact) mass is 450 g/mol. The highest BCUT2D eigenvalue weighted by molar-refractivity contribution is 7.89. The Hall–Kier alpha value is -2.22. The Morgan fingerprint density at radius 1 is 1.23 bits per heavy atom. The van der Waals surface area contributed by atoms with E-state index in [1.807, 2.05) is 0 Å². The molecule has 2 rings (SSSR count). The molecule has 0 bridgehead atoms. The second-order valence-electron chi connectivity index (χ2n) is 7.99. The lowest BCUT2D eigenvalue weighted by atomic mass is 9.90. The van der Waals surface area contributed by atoms with Gasteiger partial charge in [0.15, 0.2) is 5.44 Å². The van der Waals surface area contributed by atoms with E-state index < -0.39 is 15.5 Å². The summed E-state index contributed by atoms with van der Waals surface area (Å²) in [4.78, 5) is 9.39. The minimum absolute atomic E-state index is 0.138. The molecule has 0 saturated heterocycles. The second-order valence-corrected chi connectivity index (χ2v) is 9.69. The Morgan fingerprint density at radius 3 is 2.55 bits per heavy atom. The lowest BCUT2D eigenvalue weighted by molar-refractivity contribution is 0.0575. The van der Waals surface area contributed by atoms with Gasteiger partial charge in [0.05, 0.1) is 6.61 Å². The summed E-state index contributed by atoms with van der Waals surface area (Å²) >= 11 is 0. The average Bonchev–Trinajstić information content (AvgIpc) is 2.75. The van der Waals surface area contributed by atoms with Crippen LogP contribution in [0.3, 0.4) is 0 Å². The van der Waals surface area contributed by atoms with Crippen LogP contribution in [-0.4, -0.2) is 37.9 Å². The van der Waals surface area contributed by atoms with Crippen LogP contribution in [0.1, 0.15) is 64.2 Å². The Morgan fingerprint density at radius 2 is 1.90 bits per heavy atom. The quantitative estimate of drug-likeness (QED) is 0.215. The van der Waals surface area contributed by atoms with Gasteiger partial charge in [0.25, 0.3) is 0 Å². The number of pyridine rings is 1. The van der Waals surface area contributed by atoms with Crippen molar-refractivity contribution in [2.75, 3.05) is 18.1 Å². The minimum Gasteiger partial charge on any atom is -0.369 e. The van der Waals surface area contributed by atoms with E-state index in [1.165, 1.54) is 19.3 Å². The van der Waals surface area contributed by atoms with E-state index in [1.54, 1.807) is 35.6 Å². The molecule has 0 aromatic carbocycles. The molecule has 1 fully saturated rings. The molecule has 4 N–H and O–H groups in total. The summed E-state index contributed by atoms with van der Waals surface area (Å²) in [6, 6.07) is 3.61. The molecule has 1 aromatic heterocycles. The fourth-order valence-corrected chi connectivity index (χ4v) is 4.65. The first-order chi connectivity index (χ1) is 14.9. The maximum atomic E-state index is 11.9. The molecular formula is C21H34N6O3S. The molecule has 0 amide bonds. The Bertz CT molecular complexity index is 819. The highest BCUT2D eigenvalue weighted by atomic mass is 32.2. The number of nitrogens with zero attached hydrogens (tertiary/aromatic N) is 4. The van der Waals surface area contributed by atoms with Gasteiger partial charge in [0.2, 0.25) is 22.2 Å². The van der Waals surface area contributed by atoms with Crippen molar-refractivity contribution < 1.29 is 13.2 Å². The molecule has 0 radical (unpaired) electrons. The van der Waals surface area contributed by atoms with Gasteiger partial charge in [-0.15, -0.1) is 4.99 Å². The summed E-state index contributed by atoms with van der Waals surface area (Å²) in [5.74, 6) is 0.580. The van der Waals surface area contributed by atoms with Gasteiger partial charge in [-0.3, -0.25) is 4.98 Å². The molecule has 0 aliphatic heterocycles. The van der Waals surface area contributed by atoms with E-state index in [4.69, 9.17) is 20.9 Å². The minimum atomic E-state index is -3.72. The number of sulfonamides is 1. The maximum Gasteiger partial charge on any atom is 0.236 e. The molecule has 1 saturated carbocycles. The van der Waals surface area contributed by atoms with Crippen LogP contribution in [0, 0.1) is 17.4 Å². The highest BCUT2D eigenvalue weighted by Gasteiger charge is 2.24. The summed E-state index contributed by atoms with van der Waals surface area (Å²) in [6.07, 6.45) is 14.5. The number of guanidine groups is 1. The molecule has 1 aliphatic carbocycles. The van der Waals surface area contributed by atoms with Gasteiger partial charge in [-0.2, -0.15) is 5.26 Å². The summed E-state index contributed by atoms with van der Waals surface area (Å²) in [6.45, 7) is 1.07. The highest BCUT2D eigenvalue weighted by Crippen LogP contribution is 2.25. The van der Waals surface area contributed by atoms with E-state index in [0.29, 0.717) is 31.9 Å². The van der Waals surface area contributed by atoms with Crippen LogP contribution < -0.4 is 15.8 Å². The zero-order chi connectivity index (χ0) is 22.5. The van der Waals surface area contributed by atoms with Crippen LogP contribution in [0.5, 0.6) is 0 Å². The zero-order valence-electron chi connectivity index (χ0n) is 18.0. The number of rotatable bonds is 12. The van der Waals surface area contributed by atoms with E-state index in [-0.39, 0.29) is 5.96 Å². The Balaban J connectivity index is 1.75. The smallest absolute Gasteiger partial charge is 0.236 e. The van der Waals surface area contributed by atoms with Crippen molar-refractivity contribution in [2.45, 2.75) is 69.6 Å². The number of hydrogen-bond donors (Lipinski definition) is 2. The lowest BCUT2D eigenvalue weighted by Gasteiger charge is -2.24. The topological polar surface area (TPSA) is 148 Å². The van der Waals surface area contributed by atoms with Gasteiger partial charge >= 0.3 is 0 Å². The van der Waals surface area contributed by atoms with Crippen molar-refractivity contribution in [3.8, 4) is 6.19 Å². The van der Waals surface area contributed by atoms with Gasteiger partial charge in [-0.25, -0.2) is 13.6 Å². The predicted molar refractivity (Wildman–Crippen MR) is 121 cm³/mol. The third kappa shape index (κ3) is 9.21. The normalized spacial score (nSPS) is 16.6. The van der Waals surface area contributed by atoms with E-state index >= 15 is 0 Å². The lowest BCUT2D eigenvalue weighted by Crippen LogP contribution is -2.38.